The molecule has 3 heteroatoms. The van der Waals surface area contributed by atoms with Crippen molar-refractivity contribution < 1.29 is 5.11 Å². The Hall–Kier alpha value is -0.850. The number of terminal acetylenes is 1. The van der Waals surface area contributed by atoms with E-state index in [4.69, 9.17) is 6.42 Å². The number of halogens is 1. The maximum atomic E-state index is 9.64. The van der Waals surface area contributed by atoms with Gasteiger partial charge in [0.25, 0.3) is 0 Å². The van der Waals surface area contributed by atoms with Gasteiger partial charge in [-0.15, -0.1) is 12.3 Å². The van der Waals surface area contributed by atoms with E-state index in [-0.39, 0.29) is 0 Å². The van der Waals surface area contributed by atoms with Crippen LogP contribution in [0.2, 0.25) is 0 Å². The highest BCUT2D eigenvalue weighted by Crippen LogP contribution is 2.23. The number of rotatable bonds is 3. The van der Waals surface area contributed by atoms with Crippen LogP contribution in [0.3, 0.4) is 0 Å². The van der Waals surface area contributed by atoms with E-state index in [9.17, 15) is 5.11 Å². The predicted molar refractivity (Wildman–Crippen MR) is 55.0 cm³/mol. The van der Waals surface area contributed by atoms with Crippen molar-refractivity contribution >= 4 is 15.9 Å². The Morgan fingerprint density at radius 3 is 3.08 bits per heavy atom. The van der Waals surface area contributed by atoms with Crippen LogP contribution in [0.5, 0.6) is 0 Å². The molecule has 0 aliphatic carbocycles. The maximum absolute atomic E-state index is 9.64. The number of aliphatic hydroxyl groups excluding tert-OH is 1. The summed E-state index contributed by atoms with van der Waals surface area (Å²) in [6.07, 6.45) is 7.28. The molecule has 0 aliphatic heterocycles. The Morgan fingerprint density at radius 2 is 2.46 bits per heavy atom. The molecule has 0 fully saturated rings. The normalized spacial score (nSPS) is 12.1. The Balaban J connectivity index is 2.72. The average Bonchev–Trinajstić information content (AvgIpc) is 2.15. The molecule has 1 aromatic heterocycles. The van der Waals surface area contributed by atoms with Crippen molar-refractivity contribution in [1.82, 2.24) is 4.98 Å². The first-order valence-corrected chi connectivity index (χ1v) is 4.77. The van der Waals surface area contributed by atoms with Gasteiger partial charge in [0.05, 0.1) is 11.8 Å². The quantitative estimate of drug-likeness (QED) is 0.822. The van der Waals surface area contributed by atoms with E-state index in [0.717, 1.165) is 4.47 Å². The summed E-state index contributed by atoms with van der Waals surface area (Å²) >= 11 is 3.31. The van der Waals surface area contributed by atoms with Gasteiger partial charge in [-0.2, -0.15) is 0 Å². The third-order valence-corrected chi connectivity index (χ3v) is 2.34. The van der Waals surface area contributed by atoms with Gasteiger partial charge in [-0.05, 0) is 34.5 Å². The smallest absolute Gasteiger partial charge is 0.0980 e. The molecule has 2 nitrogen and oxygen atoms in total. The molecular formula is C10H10BrNO. The van der Waals surface area contributed by atoms with Crippen LogP contribution in [-0.4, -0.2) is 10.1 Å². The first-order valence-electron chi connectivity index (χ1n) is 3.97. The molecule has 0 saturated heterocycles. The van der Waals surface area contributed by atoms with E-state index in [2.05, 4.69) is 26.8 Å². The number of aromatic nitrogens is 1. The SMILES string of the molecule is C#CCCC(O)c1ncccc1Br. The Labute approximate surface area is 86.1 Å². The molecule has 0 aliphatic rings. The van der Waals surface area contributed by atoms with Crippen molar-refractivity contribution in [1.29, 1.82) is 0 Å². The second-order valence-electron chi connectivity index (χ2n) is 2.63. The fraction of sp³-hybridized carbons (Fsp3) is 0.300. The van der Waals surface area contributed by atoms with Gasteiger partial charge in [-0.3, -0.25) is 4.98 Å². The lowest BCUT2D eigenvalue weighted by molar-refractivity contribution is 0.164. The van der Waals surface area contributed by atoms with Crippen molar-refractivity contribution in [2.45, 2.75) is 18.9 Å². The predicted octanol–water partition coefficient (Wildman–Crippen LogP) is 2.29. The van der Waals surface area contributed by atoms with E-state index in [1.807, 2.05) is 12.1 Å². The Bertz CT molecular complexity index is 319. The molecule has 0 saturated carbocycles. The van der Waals surface area contributed by atoms with Gasteiger partial charge >= 0.3 is 0 Å². The minimum Gasteiger partial charge on any atom is -0.387 e. The van der Waals surface area contributed by atoms with Crippen molar-refractivity contribution in [3.05, 3.63) is 28.5 Å². The van der Waals surface area contributed by atoms with Crippen molar-refractivity contribution in [3.63, 3.8) is 0 Å². The van der Waals surface area contributed by atoms with Crippen LogP contribution in [-0.2, 0) is 0 Å². The first-order chi connectivity index (χ1) is 6.25. The summed E-state index contributed by atoms with van der Waals surface area (Å²) in [7, 11) is 0. The van der Waals surface area contributed by atoms with Crippen molar-refractivity contribution in [2.24, 2.45) is 0 Å². The topological polar surface area (TPSA) is 33.1 Å². The average molecular weight is 240 g/mol. The molecule has 1 unspecified atom stereocenters. The van der Waals surface area contributed by atoms with Crippen LogP contribution in [0, 0.1) is 12.3 Å². The summed E-state index contributed by atoms with van der Waals surface area (Å²) in [5.74, 6) is 2.48. The molecule has 0 radical (unpaired) electrons. The third kappa shape index (κ3) is 2.83. The van der Waals surface area contributed by atoms with Gasteiger partial charge in [0.1, 0.15) is 0 Å². The molecule has 0 amide bonds. The van der Waals surface area contributed by atoms with Crippen LogP contribution in [0.1, 0.15) is 24.6 Å². The third-order valence-electron chi connectivity index (χ3n) is 1.66. The van der Waals surface area contributed by atoms with E-state index >= 15 is 0 Å². The lowest BCUT2D eigenvalue weighted by Crippen LogP contribution is -2.00. The summed E-state index contributed by atoms with van der Waals surface area (Å²) in [6.45, 7) is 0. The second kappa shape index (κ2) is 5.00. The van der Waals surface area contributed by atoms with Crippen LogP contribution >= 0.6 is 15.9 Å². The van der Waals surface area contributed by atoms with Gasteiger partial charge in [0.15, 0.2) is 0 Å². The molecule has 13 heavy (non-hydrogen) atoms. The standard InChI is InChI=1S/C10H10BrNO/c1-2-3-6-9(13)10-8(11)5-4-7-12-10/h1,4-5,7,9,13H,3,6H2. The zero-order valence-corrected chi connectivity index (χ0v) is 8.66. The Kier molecular flexibility index (Phi) is 3.94. The molecule has 0 spiro atoms. The number of pyridine rings is 1. The van der Waals surface area contributed by atoms with Crippen molar-refractivity contribution in [3.8, 4) is 12.3 Å². The minimum absolute atomic E-state index is 0.548. The summed E-state index contributed by atoms with van der Waals surface area (Å²) < 4.78 is 0.819. The lowest BCUT2D eigenvalue weighted by Gasteiger charge is -2.09. The number of hydrogen-bond donors (Lipinski definition) is 1. The maximum Gasteiger partial charge on any atom is 0.0980 e. The van der Waals surface area contributed by atoms with Crippen LogP contribution in [0.25, 0.3) is 0 Å². The highest BCUT2D eigenvalue weighted by molar-refractivity contribution is 9.10. The molecule has 0 aromatic carbocycles. The van der Waals surface area contributed by atoms with Gasteiger partial charge < -0.3 is 5.11 Å². The summed E-state index contributed by atoms with van der Waals surface area (Å²) in [5.41, 5.74) is 0.651. The largest absolute Gasteiger partial charge is 0.387 e. The molecule has 68 valence electrons. The van der Waals surface area contributed by atoms with E-state index in [1.54, 1.807) is 6.20 Å². The summed E-state index contributed by atoms with van der Waals surface area (Å²) in [5, 5.41) is 9.64. The lowest BCUT2D eigenvalue weighted by atomic mass is 10.1. The minimum atomic E-state index is -0.577. The number of nitrogens with zero attached hydrogens (tertiary/aromatic N) is 1. The molecule has 1 heterocycles. The van der Waals surface area contributed by atoms with Gasteiger partial charge in [0, 0.05) is 17.1 Å². The van der Waals surface area contributed by atoms with Crippen LogP contribution in [0.15, 0.2) is 22.8 Å². The fourth-order valence-corrected chi connectivity index (χ4v) is 1.52. The molecule has 0 bridgehead atoms. The van der Waals surface area contributed by atoms with E-state index < -0.39 is 6.10 Å². The van der Waals surface area contributed by atoms with E-state index in [0.29, 0.717) is 18.5 Å². The van der Waals surface area contributed by atoms with Gasteiger partial charge in [-0.25, -0.2) is 0 Å². The summed E-state index contributed by atoms with van der Waals surface area (Å²) in [4.78, 5) is 4.07. The second-order valence-corrected chi connectivity index (χ2v) is 3.48. The number of aliphatic hydroxyl groups is 1. The molecular weight excluding hydrogens is 230 g/mol. The first kappa shape index (κ1) is 10.2. The van der Waals surface area contributed by atoms with Crippen LogP contribution < -0.4 is 0 Å². The number of hydrogen-bond acceptors (Lipinski definition) is 2. The zero-order chi connectivity index (χ0) is 9.68. The molecule has 1 atom stereocenters. The van der Waals surface area contributed by atoms with Gasteiger partial charge in [-0.1, -0.05) is 0 Å². The highest BCUT2D eigenvalue weighted by atomic mass is 79.9. The van der Waals surface area contributed by atoms with E-state index in [1.165, 1.54) is 0 Å². The van der Waals surface area contributed by atoms with Crippen LogP contribution in [0.4, 0.5) is 0 Å². The fourth-order valence-electron chi connectivity index (χ4n) is 1.000. The van der Waals surface area contributed by atoms with Gasteiger partial charge in [0.2, 0.25) is 0 Å². The monoisotopic (exact) mass is 239 g/mol. The highest BCUT2D eigenvalue weighted by Gasteiger charge is 2.10. The van der Waals surface area contributed by atoms with Crippen molar-refractivity contribution in [2.75, 3.05) is 0 Å². The molecule has 1 rings (SSSR count). The Morgan fingerprint density at radius 1 is 1.69 bits per heavy atom. The summed E-state index contributed by atoms with van der Waals surface area (Å²) in [6, 6.07) is 3.66. The molecule has 1 N–H and O–H groups in total. The molecule has 1 aromatic rings. The zero-order valence-electron chi connectivity index (χ0n) is 7.07.